The minimum absolute atomic E-state index is 0.00256. The highest BCUT2D eigenvalue weighted by Gasteiger charge is 2.28. The molecule has 0 amide bonds. The topological polar surface area (TPSA) is 69.9 Å². The molecule has 0 unspecified atom stereocenters. The molecule has 1 saturated carbocycles. The van der Waals surface area contributed by atoms with Gasteiger partial charge in [0, 0.05) is 34.1 Å². The number of benzene rings is 3. The molecule has 4 aromatic rings. The maximum absolute atomic E-state index is 13.4. The van der Waals surface area contributed by atoms with E-state index in [1.807, 2.05) is 55.5 Å². The molecule has 1 aromatic heterocycles. The van der Waals surface area contributed by atoms with Crippen LogP contribution in [0, 0.1) is 12.8 Å². The second-order valence-electron chi connectivity index (χ2n) is 10.0. The summed E-state index contributed by atoms with van der Waals surface area (Å²) in [5.74, 6) is 0.420. The first-order valence-electron chi connectivity index (χ1n) is 13.2. The van der Waals surface area contributed by atoms with Crippen LogP contribution in [-0.4, -0.2) is 28.6 Å². The number of carbonyl (C=O) groups is 2. The number of ketones is 1. The van der Waals surface area contributed by atoms with Gasteiger partial charge in [-0.3, -0.25) is 4.79 Å². The van der Waals surface area contributed by atoms with Crippen molar-refractivity contribution in [2.75, 3.05) is 6.61 Å². The average molecular weight is 495 g/mol. The number of nitrogens with zero attached hydrogens (tertiary/aromatic N) is 2. The Bertz CT molecular complexity index is 1570. The molecule has 1 fully saturated rings. The molecule has 2 aliphatic rings. The minimum Gasteiger partial charge on any atom is -0.486 e. The standard InChI is InChI=1S/C31H30N2O4/c1-3-33-26-15-13-21(29(34)22-12-8-7-9-19(22)2)17-24(26)28-27(33)16-14-23-25(18-36-30(23)28)32-37-31(35)20-10-5-4-6-11-20/h7-9,12-17,20H,3-6,10-11,18H2,1-2H3/b32-25+. The smallest absolute Gasteiger partial charge is 0.338 e. The lowest BCUT2D eigenvalue weighted by molar-refractivity contribution is -0.149. The molecular formula is C31H30N2O4. The van der Waals surface area contributed by atoms with Gasteiger partial charge < -0.3 is 14.1 Å². The third-order valence-electron chi connectivity index (χ3n) is 7.80. The summed E-state index contributed by atoms with van der Waals surface area (Å²) in [6.45, 7) is 5.09. The summed E-state index contributed by atoms with van der Waals surface area (Å²) in [7, 11) is 0. The molecule has 0 N–H and O–H groups in total. The molecule has 0 saturated heterocycles. The zero-order chi connectivity index (χ0) is 25.5. The van der Waals surface area contributed by atoms with Crippen LogP contribution in [-0.2, 0) is 16.2 Å². The van der Waals surface area contributed by atoms with E-state index >= 15 is 0 Å². The summed E-state index contributed by atoms with van der Waals surface area (Å²) in [5, 5.41) is 6.15. The van der Waals surface area contributed by atoms with Crippen molar-refractivity contribution in [3.63, 3.8) is 0 Å². The Morgan fingerprint density at radius 3 is 2.59 bits per heavy atom. The first-order valence-corrected chi connectivity index (χ1v) is 13.2. The van der Waals surface area contributed by atoms with E-state index in [0.29, 0.717) is 16.8 Å². The highest BCUT2D eigenvalue weighted by Crippen LogP contribution is 2.41. The number of fused-ring (bicyclic) bond motifs is 5. The first-order chi connectivity index (χ1) is 18.1. The van der Waals surface area contributed by atoms with Crippen molar-refractivity contribution in [2.24, 2.45) is 11.1 Å². The maximum atomic E-state index is 13.4. The van der Waals surface area contributed by atoms with Crippen molar-refractivity contribution in [2.45, 2.75) is 52.5 Å². The molecule has 0 spiro atoms. The fraction of sp³-hybridized carbons (Fsp3) is 0.323. The summed E-state index contributed by atoms with van der Waals surface area (Å²) in [4.78, 5) is 31.3. The number of aromatic nitrogens is 1. The second kappa shape index (κ2) is 9.51. The van der Waals surface area contributed by atoms with Gasteiger partial charge in [0.15, 0.2) is 5.78 Å². The number of oxime groups is 1. The van der Waals surface area contributed by atoms with Gasteiger partial charge in [0.05, 0.1) is 16.8 Å². The van der Waals surface area contributed by atoms with Gasteiger partial charge in [0.25, 0.3) is 0 Å². The molecule has 2 heterocycles. The van der Waals surface area contributed by atoms with Crippen LogP contribution in [0.1, 0.15) is 66.1 Å². The molecule has 0 atom stereocenters. The van der Waals surface area contributed by atoms with Gasteiger partial charge in [0.2, 0.25) is 0 Å². The Hall–Kier alpha value is -3.93. The van der Waals surface area contributed by atoms with Crippen molar-refractivity contribution in [3.05, 3.63) is 76.9 Å². The molecule has 188 valence electrons. The van der Waals surface area contributed by atoms with E-state index in [0.717, 1.165) is 70.9 Å². The minimum atomic E-state index is -0.247. The highest BCUT2D eigenvalue weighted by atomic mass is 16.7. The number of ether oxygens (including phenoxy) is 1. The zero-order valence-corrected chi connectivity index (χ0v) is 21.3. The van der Waals surface area contributed by atoms with Gasteiger partial charge in [-0.25, -0.2) is 4.79 Å². The summed E-state index contributed by atoms with van der Waals surface area (Å²) < 4.78 is 8.38. The van der Waals surface area contributed by atoms with Crippen LogP contribution in [0.25, 0.3) is 21.8 Å². The van der Waals surface area contributed by atoms with Crippen LogP contribution in [0.2, 0.25) is 0 Å². The van der Waals surface area contributed by atoms with Crippen molar-refractivity contribution in [1.29, 1.82) is 0 Å². The Kier molecular flexibility index (Phi) is 6.03. The zero-order valence-electron chi connectivity index (χ0n) is 21.3. The molecule has 1 aliphatic carbocycles. The van der Waals surface area contributed by atoms with Crippen LogP contribution in [0.15, 0.2) is 59.8 Å². The molecule has 0 bridgehead atoms. The normalized spacial score (nSPS) is 16.8. The SMILES string of the molecule is CCn1c2ccc(C(=O)c3ccccc3C)cc2c2c3c(ccc21)/C(=N/OC(=O)C1CCCCC1)CO3. The van der Waals surface area contributed by atoms with Crippen LogP contribution in [0.4, 0.5) is 0 Å². The van der Waals surface area contributed by atoms with Gasteiger partial charge in [-0.1, -0.05) is 48.7 Å². The Balaban J connectivity index is 1.41. The lowest BCUT2D eigenvalue weighted by Gasteiger charge is -2.17. The molecule has 6 rings (SSSR count). The van der Waals surface area contributed by atoms with E-state index in [1.165, 1.54) is 6.42 Å². The molecule has 1 aliphatic heterocycles. The van der Waals surface area contributed by atoms with Gasteiger partial charge in [0.1, 0.15) is 18.1 Å². The number of rotatable bonds is 5. The van der Waals surface area contributed by atoms with E-state index in [9.17, 15) is 9.59 Å². The van der Waals surface area contributed by atoms with Crippen molar-refractivity contribution in [3.8, 4) is 5.75 Å². The molecule has 6 nitrogen and oxygen atoms in total. The number of hydrogen-bond donors (Lipinski definition) is 0. The second-order valence-corrected chi connectivity index (χ2v) is 10.0. The quantitative estimate of drug-likeness (QED) is 0.179. The van der Waals surface area contributed by atoms with Crippen LogP contribution in [0.5, 0.6) is 5.75 Å². The number of aryl methyl sites for hydroxylation is 2. The van der Waals surface area contributed by atoms with E-state index in [2.05, 4.69) is 22.7 Å². The molecule has 37 heavy (non-hydrogen) atoms. The summed E-state index contributed by atoms with van der Waals surface area (Å²) >= 11 is 0. The van der Waals surface area contributed by atoms with Gasteiger partial charge in [-0.05, 0) is 62.6 Å². The average Bonchev–Trinajstić information content (AvgIpc) is 3.49. The molecular weight excluding hydrogens is 464 g/mol. The number of hydrogen-bond acceptors (Lipinski definition) is 5. The monoisotopic (exact) mass is 494 g/mol. The van der Waals surface area contributed by atoms with E-state index < -0.39 is 0 Å². The third kappa shape index (κ3) is 4.01. The lowest BCUT2D eigenvalue weighted by atomic mass is 9.89. The van der Waals surface area contributed by atoms with Crippen molar-refractivity contribution >= 4 is 39.3 Å². The third-order valence-corrected chi connectivity index (χ3v) is 7.80. The Labute approximate surface area is 215 Å². The molecule has 0 radical (unpaired) electrons. The fourth-order valence-electron chi connectivity index (χ4n) is 5.81. The molecule has 6 heteroatoms. The number of carbonyl (C=O) groups excluding carboxylic acids is 2. The van der Waals surface area contributed by atoms with Gasteiger partial charge in [-0.15, -0.1) is 0 Å². The van der Waals surface area contributed by atoms with Gasteiger partial charge >= 0.3 is 5.97 Å². The van der Waals surface area contributed by atoms with Gasteiger partial charge in [-0.2, -0.15) is 0 Å². The van der Waals surface area contributed by atoms with Crippen LogP contribution >= 0.6 is 0 Å². The van der Waals surface area contributed by atoms with Crippen LogP contribution in [0.3, 0.4) is 0 Å². The van der Waals surface area contributed by atoms with Crippen LogP contribution < -0.4 is 4.74 Å². The lowest BCUT2D eigenvalue weighted by Crippen LogP contribution is -2.19. The molecule has 3 aromatic carbocycles. The predicted molar refractivity (Wildman–Crippen MR) is 144 cm³/mol. The summed E-state index contributed by atoms with van der Waals surface area (Å²) in [5.41, 5.74) is 5.83. The summed E-state index contributed by atoms with van der Waals surface area (Å²) in [6.07, 6.45) is 5.06. The summed E-state index contributed by atoms with van der Waals surface area (Å²) in [6, 6.07) is 17.6. The van der Waals surface area contributed by atoms with Crippen molar-refractivity contribution in [1.82, 2.24) is 4.57 Å². The van der Waals surface area contributed by atoms with E-state index in [1.54, 1.807) is 0 Å². The Morgan fingerprint density at radius 2 is 1.81 bits per heavy atom. The van der Waals surface area contributed by atoms with E-state index in [-0.39, 0.29) is 24.3 Å². The fourth-order valence-corrected chi connectivity index (χ4v) is 5.81. The highest BCUT2D eigenvalue weighted by molar-refractivity contribution is 6.20. The largest absolute Gasteiger partial charge is 0.486 e. The Morgan fingerprint density at radius 1 is 1.03 bits per heavy atom. The van der Waals surface area contributed by atoms with E-state index in [4.69, 9.17) is 9.57 Å². The van der Waals surface area contributed by atoms with Crippen molar-refractivity contribution < 1.29 is 19.2 Å². The predicted octanol–water partition coefficient (Wildman–Crippen LogP) is 6.57. The first kappa shape index (κ1) is 23.5. The maximum Gasteiger partial charge on any atom is 0.338 e.